The van der Waals surface area contributed by atoms with Gasteiger partial charge in [-0.25, -0.2) is 8.42 Å². The predicted molar refractivity (Wildman–Crippen MR) is 82.9 cm³/mol. The predicted octanol–water partition coefficient (Wildman–Crippen LogP) is 3.68. The second-order valence-electron chi connectivity index (χ2n) is 4.25. The van der Waals surface area contributed by atoms with Crippen LogP contribution < -0.4 is 10.5 Å². The van der Waals surface area contributed by atoms with Gasteiger partial charge in [0.1, 0.15) is 0 Å². The van der Waals surface area contributed by atoms with E-state index in [4.69, 9.17) is 28.9 Å². The van der Waals surface area contributed by atoms with Gasteiger partial charge in [0.2, 0.25) is 0 Å². The maximum absolute atomic E-state index is 12.4. The van der Waals surface area contributed by atoms with Crippen molar-refractivity contribution in [2.75, 3.05) is 10.5 Å². The number of hydrogen-bond donors (Lipinski definition) is 2. The summed E-state index contributed by atoms with van der Waals surface area (Å²) in [6, 6.07) is 9.22. The summed E-state index contributed by atoms with van der Waals surface area (Å²) >= 11 is 11.7. The molecule has 2 aromatic carbocycles. The molecule has 0 aliphatic carbocycles. The average Bonchev–Trinajstić information content (AvgIpc) is 2.35. The first-order chi connectivity index (χ1) is 9.29. The zero-order valence-electron chi connectivity index (χ0n) is 10.5. The molecular formula is C13H12Cl2N2O2S. The van der Waals surface area contributed by atoms with Crippen LogP contribution >= 0.6 is 23.2 Å². The maximum Gasteiger partial charge on any atom is 0.262 e. The molecule has 4 nitrogen and oxygen atoms in total. The first kappa shape index (κ1) is 15.0. The molecule has 0 saturated carbocycles. The summed E-state index contributed by atoms with van der Waals surface area (Å²) in [6.07, 6.45) is 0. The Morgan fingerprint density at radius 3 is 2.45 bits per heavy atom. The van der Waals surface area contributed by atoms with Crippen molar-refractivity contribution in [1.82, 2.24) is 0 Å². The highest BCUT2D eigenvalue weighted by atomic mass is 35.5. The van der Waals surface area contributed by atoms with Crippen LogP contribution in [0.2, 0.25) is 10.0 Å². The molecule has 0 amide bonds. The van der Waals surface area contributed by atoms with Gasteiger partial charge in [-0.05, 0) is 42.8 Å². The largest absolute Gasteiger partial charge is 0.399 e. The molecule has 0 aliphatic rings. The van der Waals surface area contributed by atoms with Crippen LogP contribution in [-0.2, 0) is 10.0 Å². The quantitative estimate of drug-likeness (QED) is 0.843. The van der Waals surface area contributed by atoms with Crippen molar-refractivity contribution in [3.05, 3.63) is 52.0 Å². The van der Waals surface area contributed by atoms with Crippen LogP contribution in [0, 0.1) is 6.92 Å². The van der Waals surface area contributed by atoms with E-state index >= 15 is 0 Å². The minimum Gasteiger partial charge on any atom is -0.399 e. The second kappa shape index (κ2) is 5.52. The van der Waals surface area contributed by atoms with Crippen LogP contribution in [0.15, 0.2) is 41.3 Å². The smallest absolute Gasteiger partial charge is 0.262 e. The number of sulfonamides is 1. The molecular weight excluding hydrogens is 319 g/mol. The van der Waals surface area contributed by atoms with E-state index in [1.807, 2.05) is 0 Å². The number of nitrogens with one attached hydrogen (secondary N) is 1. The number of rotatable bonds is 3. The summed E-state index contributed by atoms with van der Waals surface area (Å²) in [5, 5.41) is 0.653. The zero-order valence-corrected chi connectivity index (χ0v) is 12.9. The number of hydrogen-bond acceptors (Lipinski definition) is 3. The lowest BCUT2D eigenvalue weighted by atomic mass is 10.2. The van der Waals surface area contributed by atoms with Crippen LogP contribution in [-0.4, -0.2) is 8.42 Å². The van der Waals surface area contributed by atoms with E-state index in [-0.39, 0.29) is 15.6 Å². The molecule has 0 bridgehead atoms. The number of nitrogen functional groups attached to an aromatic ring is 1. The van der Waals surface area contributed by atoms with Gasteiger partial charge >= 0.3 is 0 Å². The van der Waals surface area contributed by atoms with E-state index in [0.29, 0.717) is 16.3 Å². The number of aryl methyl sites for hydroxylation is 1. The highest BCUT2D eigenvalue weighted by Crippen LogP contribution is 2.28. The molecule has 7 heteroatoms. The van der Waals surface area contributed by atoms with Gasteiger partial charge in [0.25, 0.3) is 10.0 Å². The lowest BCUT2D eigenvalue weighted by Crippen LogP contribution is -2.14. The molecule has 0 radical (unpaired) electrons. The van der Waals surface area contributed by atoms with Gasteiger partial charge in [-0.1, -0.05) is 29.3 Å². The van der Waals surface area contributed by atoms with Crippen LogP contribution in [0.4, 0.5) is 11.4 Å². The number of nitrogens with two attached hydrogens (primary N) is 1. The highest BCUT2D eigenvalue weighted by Gasteiger charge is 2.18. The molecule has 20 heavy (non-hydrogen) atoms. The van der Waals surface area contributed by atoms with Crippen molar-refractivity contribution in [2.24, 2.45) is 0 Å². The molecule has 3 N–H and O–H groups in total. The fraction of sp³-hybridized carbons (Fsp3) is 0.0769. The number of halogens is 2. The summed E-state index contributed by atoms with van der Waals surface area (Å²) in [7, 11) is -3.76. The number of benzene rings is 2. The summed E-state index contributed by atoms with van der Waals surface area (Å²) in [5.74, 6) is 0. The van der Waals surface area contributed by atoms with Crippen molar-refractivity contribution in [3.63, 3.8) is 0 Å². The summed E-state index contributed by atoms with van der Waals surface area (Å²) in [5.41, 5.74) is 6.86. The van der Waals surface area contributed by atoms with Gasteiger partial charge in [-0.15, -0.1) is 0 Å². The molecule has 2 rings (SSSR count). The van der Waals surface area contributed by atoms with Gasteiger partial charge in [-0.2, -0.15) is 0 Å². The third-order valence-electron chi connectivity index (χ3n) is 2.68. The topological polar surface area (TPSA) is 72.2 Å². The Kier molecular flexibility index (Phi) is 4.13. The third-order valence-corrected chi connectivity index (χ3v) is 4.73. The summed E-state index contributed by atoms with van der Waals surface area (Å²) in [6.45, 7) is 1.69. The van der Waals surface area contributed by atoms with Crippen molar-refractivity contribution in [3.8, 4) is 0 Å². The summed E-state index contributed by atoms with van der Waals surface area (Å²) < 4.78 is 27.1. The van der Waals surface area contributed by atoms with Gasteiger partial charge in [0, 0.05) is 10.7 Å². The molecule has 0 spiro atoms. The zero-order chi connectivity index (χ0) is 14.9. The van der Waals surface area contributed by atoms with Gasteiger partial charge in [0.15, 0.2) is 0 Å². The first-order valence-electron chi connectivity index (χ1n) is 5.63. The Bertz CT molecular complexity index is 761. The van der Waals surface area contributed by atoms with E-state index in [0.717, 1.165) is 0 Å². The van der Waals surface area contributed by atoms with E-state index in [9.17, 15) is 8.42 Å². The van der Waals surface area contributed by atoms with Crippen LogP contribution in [0.25, 0.3) is 0 Å². The van der Waals surface area contributed by atoms with Crippen molar-refractivity contribution >= 4 is 44.6 Å². The molecule has 0 atom stereocenters. The molecule has 0 saturated heterocycles. The fourth-order valence-corrected chi connectivity index (χ4v) is 3.55. The monoisotopic (exact) mass is 330 g/mol. The van der Waals surface area contributed by atoms with Crippen molar-refractivity contribution in [1.29, 1.82) is 0 Å². The Labute approximate surface area is 127 Å². The normalized spacial score (nSPS) is 11.3. The third kappa shape index (κ3) is 3.17. The molecule has 0 heterocycles. The van der Waals surface area contributed by atoms with Crippen LogP contribution in [0.3, 0.4) is 0 Å². The van der Waals surface area contributed by atoms with Gasteiger partial charge in [-0.3, -0.25) is 4.72 Å². The highest BCUT2D eigenvalue weighted by molar-refractivity contribution is 7.92. The Morgan fingerprint density at radius 1 is 1.10 bits per heavy atom. The first-order valence-corrected chi connectivity index (χ1v) is 7.87. The van der Waals surface area contributed by atoms with E-state index in [1.54, 1.807) is 25.1 Å². The maximum atomic E-state index is 12.4. The van der Waals surface area contributed by atoms with Crippen molar-refractivity contribution < 1.29 is 8.42 Å². The van der Waals surface area contributed by atoms with Crippen LogP contribution in [0.1, 0.15) is 5.56 Å². The molecule has 106 valence electrons. The Hall–Kier alpha value is -1.43. The van der Waals surface area contributed by atoms with E-state index in [2.05, 4.69) is 4.72 Å². The summed E-state index contributed by atoms with van der Waals surface area (Å²) in [4.78, 5) is 0.114. The second-order valence-corrected chi connectivity index (χ2v) is 6.75. The molecule has 0 fully saturated rings. The van der Waals surface area contributed by atoms with Crippen LogP contribution in [0.5, 0.6) is 0 Å². The van der Waals surface area contributed by atoms with Gasteiger partial charge < -0.3 is 5.73 Å². The SMILES string of the molecule is Cc1ccc(N)cc1S(=O)(=O)Nc1ccc(Cl)cc1Cl. The fourth-order valence-electron chi connectivity index (χ4n) is 1.68. The lowest BCUT2D eigenvalue weighted by Gasteiger charge is -2.12. The molecule has 0 aromatic heterocycles. The lowest BCUT2D eigenvalue weighted by molar-refractivity contribution is 0.600. The molecule has 0 aliphatic heterocycles. The molecule has 2 aromatic rings. The minimum absolute atomic E-state index is 0.114. The van der Waals surface area contributed by atoms with Gasteiger partial charge in [0.05, 0.1) is 15.6 Å². The number of anilines is 2. The Morgan fingerprint density at radius 2 is 1.80 bits per heavy atom. The molecule has 0 unspecified atom stereocenters. The minimum atomic E-state index is -3.76. The van der Waals surface area contributed by atoms with Crippen molar-refractivity contribution in [2.45, 2.75) is 11.8 Å². The standard InChI is InChI=1S/C13H12Cl2N2O2S/c1-8-2-4-10(16)7-13(8)20(18,19)17-12-5-3-9(14)6-11(12)15/h2-7,17H,16H2,1H3. The van der Waals surface area contributed by atoms with E-state index in [1.165, 1.54) is 18.2 Å². The average molecular weight is 331 g/mol. The Balaban J connectivity index is 2.43. The van der Waals surface area contributed by atoms with E-state index < -0.39 is 10.0 Å².